The predicted octanol–water partition coefficient (Wildman–Crippen LogP) is 3.85. The minimum absolute atomic E-state index is 0.120. The van der Waals surface area contributed by atoms with Crippen molar-refractivity contribution in [2.45, 2.75) is 82.9 Å². The Bertz CT molecular complexity index is 1360. The number of pyridine rings is 1. The van der Waals surface area contributed by atoms with Crippen LogP contribution in [0.25, 0.3) is 0 Å². The zero-order valence-electron chi connectivity index (χ0n) is 25.5. The van der Waals surface area contributed by atoms with E-state index in [9.17, 15) is 35.9 Å². The van der Waals surface area contributed by atoms with Gasteiger partial charge in [-0.3, -0.25) is 9.59 Å². The number of alkyl halides is 6. The van der Waals surface area contributed by atoms with E-state index in [4.69, 9.17) is 25.5 Å². The number of aliphatic carboxylic acids is 2. The normalized spacial score (nSPS) is 18.3. The van der Waals surface area contributed by atoms with E-state index in [0.717, 1.165) is 36.6 Å². The maximum absolute atomic E-state index is 12.7. The molecule has 1 aliphatic carbocycles. The SMILES string of the molecule is Cc1nc(N)ccc1CNC(=O)[C@H](C)NC(=O)[C@H]1C[C@H](Cc2ccc(C3CCC3)cc2)CN1.O=C(O)C(F)(F)F.O=C(O)C(F)(F)F. The summed E-state index contributed by atoms with van der Waals surface area (Å²) in [5, 5.41) is 23.3. The lowest BCUT2D eigenvalue weighted by atomic mass is 9.80. The van der Waals surface area contributed by atoms with Crippen molar-refractivity contribution >= 4 is 29.6 Å². The van der Waals surface area contributed by atoms with Gasteiger partial charge in [-0.25, -0.2) is 14.6 Å². The minimum Gasteiger partial charge on any atom is -0.475 e. The van der Waals surface area contributed by atoms with Crippen LogP contribution in [0.3, 0.4) is 0 Å². The third-order valence-electron chi connectivity index (χ3n) is 7.53. The molecular weight excluding hydrogens is 640 g/mol. The lowest BCUT2D eigenvalue weighted by molar-refractivity contribution is -0.193. The topological polar surface area (TPSA) is 184 Å². The first-order valence-corrected chi connectivity index (χ1v) is 14.5. The highest BCUT2D eigenvalue weighted by Crippen LogP contribution is 2.36. The number of anilines is 1. The van der Waals surface area contributed by atoms with E-state index in [2.05, 4.69) is 45.2 Å². The number of amides is 2. The summed E-state index contributed by atoms with van der Waals surface area (Å²) in [6.07, 6.45) is -4.44. The number of aromatic nitrogens is 1. The molecule has 1 saturated heterocycles. The number of carboxylic acid groups (broad SMARTS) is 2. The Morgan fingerprint density at radius 1 is 0.979 bits per heavy atom. The summed E-state index contributed by atoms with van der Waals surface area (Å²) in [6, 6.07) is 11.7. The van der Waals surface area contributed by atoms with Gasteiger partial charge in [-0.05, 0) is 80.7 Å². The van der Waals surface area contributed by atoms with Gasteiger partial charge in [0.1, 0.15) is 11.9 Å². The summed E-state index contributed by atoms with van der Waals surface area (Å²) in [7, 11) is 0. The maximum Gasteiger partial charge on any atom is 0.490 e. The van der Waals surface area contributed by atoms with Crippen molar-refractivity contribution in [3.63, 3.8) is 0 Å². The van der Waals surface area contributed by atoms with Crippen LogP contribution in [0.15, 0.2) is 36.4 Å². The fraction of sp³-hybridized carbons (Fsp3) is 0.500. The third kappa shape index (κ3) is 13.1. The Kier molecular flexibility index (Phi) is 14.0. The number of nitrogen functional groups attached to an aromatic ring is 1. The predicted molar refractivity (Wildman–Crippen MR) is 157 cm³/mol. The standard InChI is InChI=1S/C26H35N5O2.2C2HF3O2/c1-16-22(10-11-24(27)30-16)15-29-25(32)17(2)31-26(33)23-13-19(14-28-23)12-18-6-8-21(9-7-18)20-4-3-5-20;2*3-2(4,5)1(6)7/h6-11,17,19-20,23,28H,3-5,12-15H2,1-2H3,(H2,27,30)(H,29,32)(H,31,33);2*(H,6,7)/t17-,19-,23+;;/m0../s1. The quantitative estimate of drug-likeness (QED) is 0.226. The maximum atomic E-state index is 12.7. The fourth-order valence-corrected chi connectivity index (χ4v) is 4.68. The van der Waals surface area contributed by atoms with E-state index in [1.54, 1.807) is 13.0 Å². The van der Waals surface area contributed by atoms with Gasteiger partial charge in [0.2, 0.25) is 11.8 Å². The van der Waals surface area contributed by atoms with Crippen molar-refractivity contribution in [1.82, 2.24) is 20.9 Å². The second-order valence-electron chi connectivity index (χ2n) is 11.2. The Hall–Kier alpha value is -4.41. The summed E-state index contributed by atoms with van der Waals surface area (Å²) in [6.45, 7) is 4.72. The molecule has 1 aliphatic heterocycles. The minimum atomic E-state index is -5.08. The molecule has 2 aromatic rings. The van der Waals surface area contributed by atoms with Gasteiger partial charge in [-0.1, -0.05) is 36.8 Å². The molecule has 0 radical (unpaired) electrons. The van der Waals surface area contributed by atoms with Crippen molar-refractivity contribution in [2.24, 2.45) is 5.92 Å². The van der Waals surface area contributed by atoms with Crippen LogP contribution < -0.4 is 21.7 Å². The molecule has 17 heteroatoms. The first-order chi connectivity index (χ1) is 21.8. The zero-order valence-corrected chi connectivity index (χ0v) is 25.5. The summed E-state index contributed by atoms with van der Waals surface area (Å²) >= 11 is 0. The molecule has 1 aromatic carbocycles. The molecular formula is C30H37F6N5O6. The van der Waals surface area contributed by atoms with Gasteiger partial charge >= 0.3 is 24.3 Å². The van der Waals surface area contributed by atoms with Crippen molar-refractivity contribution in [2.75, 3.05) is 12.3 Å². The third-order valence-corrected chi connectivity index (χ3v) is 7.53. The molecule has 260 valence electrons. The largest absolute Gasteiger partial charge is 0.490 e. The van der Waals surface area contributed by atoms with Crippen molar-refractivity contribution < 1.29 is 55.7 Å². The van der Waals surface area contributed by atoms with Crippen LogP contribution in [0.5, 0.6) is 0 Å². The van der Waals surface area contributed by atoms with Crippen LogP contribution in [0, 0.1) is 12.8 Å². The number of nitrogens with zero attached hydrogens (tertiary/aromatic N) is 1. The van der Waals surface area contributed by atoms with Gasteiger partial charge in [-0.2, -0.15) is 26.3 Å². The molecule has 11 nitrogen and oxygen atoms in total. The van der Waals surface area contributed by atoms with Crippen LogP contribution in [0.2, 0.25) is 0 Å². The van der Waals surface area contributed by atoms with E-state index < -0.39 is 30.3 Å². The number of carbonyl (C=O) groups excluding carboxylic acids is 2. The molecule has 0 unspecified atom stereocenters. The second-order valence-corrected chi connectivity index (χ2v) is 11.2. The highest BCUT2D eigenvalue weighted by Gasteiger charge is 2.39. The van der Waals surface area contributed by atoms with Crippen molar-refractivity contribution in [1.29, 1.82) is 0 Å². The molecule has 2 fully saturated rings. The number of benzene rings is 1. The molecule has 0 spiro atoms. The summed E-state index contributed by atoms with van der Waals surface area (Å²) in [4.78, 5) is 47.2. The van der Waals surface area contributed by atoms with Crippen LogP contribution in [-0.2, 0) is 32.1 Å². The first-order valence-electron chi connectivity index (χ1n) is 14.5. The van der Waals surface area contributed by atoms with E-state index in [0.29, 0.717) is 18.3 Å². The van der Waals surface area contributed by atoms with E-state index in [1.807, 2.05) is 13.0 Å². The average molecular weight is 678 g/mol. The molecule has 2 amide bonds. The molecule has 2 heterocycles. The Morgan fingerprint density at radius 2 is 1.53 bits per heavy atom. The number of rotatable bonds is 8. The molecule has 1 saturated carbocycles. The lowest BCUT2D eigenvalue weighted by Crippen LogP contribution is -2.50. The van der Waals surface area contributed by atoms with Gasteiger partial charge in [0.25, 0.3) is 0 Å². The number of hydrogen-bond acceptors (Lipinski definition) is 7. The molecule has 1 aromatic heterocycles. The Labute approximate surface area is 266 Å². The lowest BCUT2D eigenvalue weighted by Gasteiger charge is -2.25. The van der Waals surface area contributed by atoms with Crippen LogP contribution >= 0.6 is 0 Å². The van der Waals surface area contributed by atoms with Gasteiger partial charge in [0.15, 0.2) is 0 Å². The van der Waals surface area contributed by atoms with Crippen molar-refractivity contribution in [3.8, 4) is 0 Å². The second kappa shape index (κ2) is 16.9. The zero-order chi connectivity index (χ0) is 35.5. The van der Waals surface area contributed by atoms with E-state index >= 15 is 0 Å². The fourth-order valence-electron chi connectivity index (χ4n) is 4.68. The van der Waals surface area contributed by atoms with Crippen LogP contribution in [0.1, 0.15) is 60.9 Å². The highest BCUT2D eigenvalue weighted by atomic mass is 19.4. The molecule has 3 atom stereocenters. The molecule has 0 bridgehead atoms. The van der Waals surface area contributed by atoms with Gasteiger partial charge in [0.05, 0.1) is 6.04 Å². The molecule has 7 N–H and O–H groups in total. The Morgan fingerprint density at radius 3 is 2.00 bits per heavy atom. The molecule has 4 rings (SSSR count). The number of halogens is 6. The number of carboxylic acids is 2. The number of hydrogen-bond donors (Lipinski definition) is 6. The van der Waals surface area contributed by atoms with Gasteiger partial charge in [-0.15, -0.1) is 0 Å². The molecule has 47 heavy (non-hydrogen) atoms. The van der Waals surface area contributed by atoms with E-state index in [-0.39, 0.29) is 17.9 Å². The van der Waals surface area contributed by atoms with Crippen LogP contribution in [0.4, 0.5) is 32.2 Å². The highest BCUT2D eigenvalue weighted by molar-refractivity contribution is 5.89. The van der Waals surface area contributed by atoms with Gasteiger partial charge in [0, 0.05) is 12.2 Å². The monoisotopic (exact) mass is 677 g/mol. The van der Waals surface area contributed by atoms with Crippen LogP contribution in [-0.4, -0.2) is 69.9 Å². The van der Waals surface area contributed by atoms with E-state index in [1.165, 1.54) is 30.4 Å². The van der Waals surface area contributed by atoms with Gasteiger partial charge < -0.3 is 31.9 Å². The number of nitrogens with two attached hydrogens (primary N) is 1. The van der Waals surface area contributed by atoms with Crippen molar-refractivity contribution in [3.05, 3.63) is 58.8 Å². The summed E-state index contributed by atoms with van der Waals surface area (Å²) < 4.78 is 63.5. The average Bonchev–Trinajstić information content (AvgIpc) is 3.41. The number of aryl methyl sites for hydroxylation is 1. The smallest absolute Gasteiger partial charge is 0.475 e. The Balaban J connectivity index is 0.000000459. The summed E-state index contributed by atoms with van der Waals surface area (Å²) in [5.74, 6) is -4.23. The molecule has 2 aliphatic rings. The number of nitrogens with one attached hydrogen (secondary N) is 3. The first kappa shape index (κ1) is 38.8. The number of carbonyl (C=O) groups is 4. The summed E-state index contributed by atoms with van der Waals surface area (Å²) in [5.41, 5.74) is 10.1.